The third-order valence-corrected chi connectivity index (χ3v) is 4.96. The molecule has 1 aliphatic rings. The molecule has 2 heterocycles. The second-order valence-electron chi connectivity index (χ2n) is 5.63. The molecular formula is C15H22N2O3S. The molecule has 0 fully saturated rings. The van der Waals surface area contributed by atoms with Crippen LogP contribution in [0.3, 0.4) is 0 Å². The van der Waals surface area contributed by atoms with Crippen LogP contribution < -0.4 is 0 Å². The van der Waals surface area contributed by atoms with Crippen molar-refractivity contribution in [3.05, 3.63) is 21.9 Å². The van der Waals surface area contributed by atoms with E-state index in [2.05, 4.69) is 11.4 Å². The van der Waals surface area contributed by atoms with E-state index in [1.807, 2.05) is 25.7 Å². The molecule has 0 bridgehead atoms. The zero-order valence-corrected chi connectivity index (χ0v) is 13.5. The van der Waals surface area contributed by atoms with Gasteiger partial charge < -0.3 is 14.9 Å². The largest absolute Gasteiger partial charge is 0.481 e. The van der Waals surface area contributed by atoms with E-state index in [1.165, 1.54) is 10.4 Å². The lowest BCUT2D eigenvalue weighted by Gasteiger charge is -2.39. The number of carboxylic acids is 1. The molecule has 0 aromatic carbocycles. The number of thiophene rings is 1. The van der Waals surface area contributed by atoms with Crippen molar-refractivity contribution in [3.8, 4) is 0 Å². The average molecular weight is 310 g/mol. The third-order valence-electron chi connectivity index (χ3n) is 3.96. The van der Waals surface area contributed by atoms with Gasteiger partial charge in [-0.05, 0) is 44.2 Å². The number of urea groups is 1. The number of carboxylic acid groups (broad SMARTS) is 1. The lowest BCUT2D eigenvalue weighted by atomic mass is 10.0. The maximum absolute atomic E-state index is 12.8. The van der Waals surface area contributed by atoms with E-state index >= 15 is 0 Å². The number of fused-ring (bicyclic) bond motifs is 1. The molecule has 1 aliphatic heterocycles. The fraction of sp³-hybridized carbons (Fsp3) is 0.600. The standard InChI is InChI=1S/C15H22N2O3S/c1-10(2)16(8-5-14(18)19)15(20)17-7-4-13-12(11(17)3)6-9-21-13/h6,9-11H,4-5,7-8H2,1-3H3,(H,18,19). The van der Waals surface area contributed by atoms with Crippen molar-refractivity contribution in [2.75, 3.05) is 13.1 Å². The number of rotatable bonds is 4. The van der Waals surface area contributed by atoms with Gasteiger partial charge in [-0.25, -0.2) is 4.79 Å². The summed E-state index contributed by atoms with van der Waals surface area (Å²) in [7, 11) is 0. The van der Waals surface area contributed by atoms with Crippen molar-refractivity contribution in [2.45, 2.75) is 45.7 Å². The third kappa shape index (κ3) is 3.37. The summed E-state index contributed by atoms with van der Waals surface area (Å²) in [5, 5.41) is 10.9. The molecule has 2 rings (SSSR count). The van der Waals surface area contributed by atoms with E-state index in [9.17, 15) is 9.59 Å². The van der Waals surface area contributed by atoms with Gasteiger partial charge in [0.05, 0.1) is 12.5 Å². The highest BCUT2D eigenvalue weighted by Crippen LogP contribution is 2.33. The van der Waals surface area contributed by atoms with Crippen molar-refractivity contribution in [2.24, 2.45) is 0 Å². The molecular weight excluding hydrogens is 288 g/mol. The Morgan fingerprint density at radius 1 is 1.52 bits per heavy atom. The fourth-order valence-electron chi connectivity index (χ4n) is 2.73. The van der Waals surface area contributed by atoms with Crippen LogP contribution in [0.15, 0.2) is 11.4 Å². The Labute approximate surface area is 129 Å². The van der Waals surface area contributed by atoms with E-state index in [0.29, 0.717) is 6.54 Å². The molecule has 0 saturated heterocycles. The molecule has 1 aromatic rings. The quantitative estimate of drug-likeness (QED) is 0.930. The van der Waals surface area contributed by atoms with E-state index in [0.717, 1.165) is 6.42 Å². The van der Waals surface area contributed by atoms with Gasteiger partial charge in [0.25, 0.3) is 0 Å². The van der Waals surface area contributed by atoms with Gasteiger partial charge in [-0.15, -0.1) is 11.3 Å². The van der Waals surface area contributed by atoms with Gasteiger partial charge in [0.15, 0.2) is 0 Å². The molecule has 6 heteroatoms. The predicted molar refractivity (Wildman–Crippen MR) is 82.6 cm³/mol. The number of aliphatic carboxylic acids is 1. The number of carbonyl (C=O) groups is 2. The molecule has 0 radical (unpaired) electrons. The number of hydrogen-bond acceptors (Lipinski definition) is 3. The summed E-state index contributed by atoms with van der Waals surface area (Å²) in [5.41, 5.74) is 1.22. The summed E-state index contributed by atoms with van der Waals surface area (Å²) in [5.74, 6) is -0.875. The summed E-state index contributed by atoms with van der Waals surface area (Å²) in [4.78, 5) is 28.4. The molecule has 1 aromatic heterocycles. The Hall–Kier alpha value is -1.56. The van der Waals surface area contributed by atoms with Crippen LogP contribution in [0.2, 0.25) is 0 Å². The molecule has 116 valence electrons. The van der Waals surface area contributed by atoms with Gasteiger partial charge in [-0.2, -0.15) is 0 Å². The van der Waals surface area contributed by atoms with Crippen LogP contribution in [0.5, 0.6) is 0 Å². The first-order valence-electron chi connectivity index (χ1n) is 7.27. The number of hydrogen-bond donors (Lipinski definition) is 1. The van der Waals surface area contributed by atoms with Gasteiger partial charge in [-0.3, -0.25) is 4.79 Å². The summed E-state index contributed by atoms with van der Waals surface area (Å²) < 4.78 is 0. The number of amides is 2. The topological polar surface area (TPSA) is 60.9 Å². The zero-order chi connectivity index (χ0) is 15.6. The highest BCUT2D eigenvalue weighted by atomic mass is 32.1. The summed E-state index contributed by atoms with van der Waals surface area (Å²) in [6, 6.07) is 2.07. The lowest BCUT2D eigenvalue weighted by Crippen LogP contribution is -2.49. The average Bonchev–Trinajstić information content (AvgIpc) is 2.87. The van der Waals surface area contributed by atoms with Crippen LogP contribution in [0.25, 0.3) is 0 Å². The van der Waals surface area contributed by atoms with Crippen molar-refractivity contribution in [3.63, 3.8) is 0 Å². The lowest BCUT2D eigenvalue weighted by molar-refractivity contribution is -0.137. The molecule has 2 amide bonds. The first-order chi connectivity index (χ1) is 9.91. The number of carbonyl (C=O) groups excluding carboxylic acids is 1. The second-order valence-corrected chi connectivity index (χ2v) is 6.63. The molecule has 0 saturated carbocycles. The van der Waals surface area contributed by atoms with Crippen LogP contribution in [0, 0.1) is 0 Å². The van der Waals surface area contributed by atoms with Crippen LogP contribution in [0.4, 0.5) is 4.79 Å². The van der Waals surface area contributed by atoms with E-state index in [1.54, 1.807) is 16.2 Å². The van der Waals surface area contributed by atoms with Crippen molar-refractivity contribution < 1.29 is 14.7 Å². The summed E-state index contributed by atoms with van der Waals surface area (Å²) in [6.07, 6.45) is 0.865. The van der Waals surface area contributed by atoms with Gasteiger partial charge in [0.1, 0.15) is 0 Å². The normalized spacial score (nSPS) is 17.7. The molecule has 21 heavy (non-hydrogen) atoms. The van der Waals surface area contributed by atoms with E-state index < -0.39 is 5.97 Å². The molecule has 1 unspecified atom stereocenters. The van der Waals surface area contributed by atoms with Gasteiger partial charge in [-0.1, -0.05) is 0 Å². The predicted octanol–water partition coefficient (Wildman–Crippen LogP) is 2.97. The fourth-order valence-corrected chi connectivity index (χ4v) is 3.69. The molecule has 0 spiro atoms. The van der Waals surface area contributed by atoms with Gasteiger partial charge in [0, 0.05) is 24.0 Å². The Morgan fingerprint density at radius 3 is 2.86 bits per heavy atom. The van der Waals surface area contributed by atoms with Crippen molar-refractivity contribution in [1.82, 2.24) is 9.80 Å². The minimum atomic E-state index is -0.875. The Balaban J connectivity index is 2.12. The molecule has 5 nitrogen and oxygen atoms in total. The minimum absolute atomic E-state index is 0.00655. The Kier molecular flexibility index (Phi) is 4.88. The van der Waals surface area contributed by atoms with Crippen LogP contribution >= 0.6 is 11.3 Å². The minimum Gasteiger partial charge on any atom is -0.481 e. The first-order valence-corrected chi connectivity index (χ1v) is 8.15. The van der Waals surface area contributed by atoms with Crippen LogP contribution in [-0.2, 0) is 11.2 Å². The van der Waals surface area contributed by atoms with E-state index in [-0.39, 0.29) is 31.1 Å². The Morgan fingerprint density at radius 2 is 2.24 bits per heavy atom. The number of nitrogens with zero attached hydrogens (tertiary/aromatic N) is 2. The van der Waals surface area contributed by atoms with Crippen LogP contribution in [0.1, 0.15) is 43.7 Å². The SMILES string of the molecule is CC(C)N(CCC(=O)O)C(=O)N1CCc2sccc2C1C. The highest BCUT2D eigenvalue weighted by Gasteiger charge is 2.32. The highest BCUT2D eigenvalue weighted by molar-refractivity contribution is 7.10. The maximum atomic E-state index is 12.8. The molecule has 0 aliphatic carbocycles. The van der Waals surface area contributed by atoms with Crippen molar-refractivity contribution in [1.29, 1.82) is 0 Å². The van der Waals surface area contributed by atoms with E-state index in [4.69, 9.17) is 5.11 Å². The summed E-state index contributed by atoms with van der Waals surface area (Å²) >= 11 is 1.74. The van der Waals surface area contributed by atoms with Gasteiger partial charge >= 0.3 is 12.0 Å². The summed E-state index contributed by atoms with van der Waals surface area (Å²) in [6.45, 7) is 6.84. The second kappa shape index (κ2) is 6.47. The molecule has 1 N–H and O–H groups in total. The monoisotopic (exact) mass is 310 g/mol. The van der Waals surface area contributed by atoms with Crippen LogP contribution in [-0.4, -0.2) is 46.0 Å². The van der Waals surface area contributed by atoms with Gasteiger partial charge in [0.2, 0.25) is 0 Å². The maximum Gasteiger partial charge on any atom is 0.320 e. The molecule has 1 atom stereocenters. The van der Waals surface area contributed by atoms with Crippen molar-refractivity contribution >= 4 is 23.3 Å². The first kappa shape index (κ1) is 15.8. The Bertz CT molecular complexity index is 527. The smallest absolute Gasteiger partial charge is 0.320 e. The zero-order valence-electron chi connectivity index (χ0n) is 12.7.